The molecule has 3 N–H and O–H groups in total. The van der Waals surface area contributed by atoms with Crippen molar-refractivity contribution in [2.75, 3.05) is 35.0 Å². The van der Waals surface area contributed by atoms with Crippen LogP contribution in [-0.4, -0.2) is 51.2 Å². The third kappa shape index (κ3) is 10.7. The maximum Gasteiger partial charge on any atom is 0.298 e. The van der Waals surface area contributed by atoms with E-state index >= 15 is 0 Å². The Hall–Kier alpha value is -6.86. The number of carbonyl (C=O) groups excluding carboxylic acids is 1. The summed E-state index contributed by atoms with van der Waals surface area (Å²) >= 11 is 6.81. The molecular formula is C43H38Br2N6O7. The molecule has 0 radical (unpaired) electrons. The Balaban J connectivity index is 0.000000248. The number of H-pyrrole nitrogens is 1. The number of aromatic amines is 1. The maximum atomic E-state index is 10.8. The fourth-order valence-electron chi connectivity index (χ4n) is 5.68. The molecule has 0 amide bonds. The predicted octanol–water partition coefficient (Wildman–Crippen LogP) is 9.10. The molecule has 1 aliphatic heterocycles. The van der Waals surface area contributed by atoms with Gasteiger partial charge >= 0.3 is 0 Å². The number of allylic oxidation sites excluding steroid dienone is 1. The average Bonchev–Trinajstić information content (AvgIpc) is 3.23. The van der Waals surface area contributed by atoms with E-state index in [1.807, 2.05) is 60.7 Å². The van der Waals surface area contributed by atoms with Gasteiger partial charge in [-0.25, -0.2) is 11.6 Å². The number of halogens is 2. The molecule has 296 valence electrons. The van der Waals surface area contributed by atoms with Crippen molar-refractivity contribution in [2.24, 2.45) is 5.73 Å². The summed E-state index contributed by atoms with van der Waals surface area (Å²) in [6, 6.07) is 28.1. The van der Waals surface area contributed by atoms with Gasteiger partial charge in [-0.2, -0.15) is 10.5 Å². The van der Waals surface area contributed by atoms with Crippen LogP contribution in [0.15, 0.2) is 116 Å². The van der Waals surface area contributed by atoms with Crippen LogP contribution in [0.4, 0.5) is 0 Å². The lowest BCUT2D eigenvalue weighted by atomic mass is 9.82. The molecule has 0 spiro atoms. The fraction of sp³-hybridized carbons (Fsp3) is 0.163. The SMILES string of the molecule is C.COc1cc(C2C(C#N)=C(N)Oc3ncc4ccccc4c32)cc(Br)c1OC.COc1cc(C=O)cc(Br)c1OC.O=c1cc2ccccc2c[nH]1.[C-]#[N+]CC#N. The molecule has 2 aromatic heterocycles. The Morgan fingerprint density at radius 2 is 1.50 bits per heavy atom. The lowest BCUT2D eigenvalue weighted by molar-refractivity contribution is 0.112. The summed E-state index contributed by atoms with van der Waals surface area (Å²) < 4.78 is 28.1. The van der Waals surface area contributed by atoms with Gasteiger partial charge in [-0.15, -0.1) is 0 Å². The van der Waals surface area contributed by atoms with Crippen LogP contribution in [0.25, 0.3) is 26.4 Å². The Kier molecular flexibility index (Phi) is 17.3. The molecule has 6 aromatic rings. The van der Waals surface area contributed by atoms with Crippen molar-refractivity contribution in [2.45, 2.75) is 13.3 Å². The molecule has 0 saturated heterocycles. The van der Waals surface area contributed by atoms with Crippen molar-refractivity contribution in [3.8, 4) is 41.0 Å². The van der Waals surface area contributed by atoms with Gasteiger partial charge in [0.2, 0.25) is 17.3 Å². The first kappa shape index (κ1) is 45.5. The standard InChI is InChI=1S/C21H16BrN3O3.C9H9BrO3.C9H7NO.C3H2N2.CH4/c1-26-16-8-12(7-15(22)19(16)27-2)17-14(9-23)20(24)28-21-18(17)13-6-4-3-5-11(13)10-25-21;1-12-8-4-6(5-11)3-7(10)9(8)13-2;11-9-5-7-3-1-2-4-8(7)6-10-9;1-5-3-2-4;/h3-8,10,17H,24H2,1-2H3;3-5H,1-2H3;1-6H,(H,10,11);3H2;1H4. The molecule has 15 heteroatoms. The van der Waals surface area contributed by atoms with E-state index in [4.69, 9.17) is 41.3 Å². The van der Waals surface area contributed by atoms with Gasteiger partial charge in [0.05, 0.1) is 43.3 Å². The Morgan fingerprint density at radius 1 is 0.897 bits per heavy atom. The second kappa shape index (κ2) is 22.0. The Bertz CT molecular complexity index is 2610. The lowest BCUT2D eigenvalue weighted by Crippen LogP contribution is -2.22. The van der Waals surface area contributed by atoms with Gasteiger partial charge in [0, 0.05) is 35.0 Å². The van der Waals surface area contributed by atoms with Crippen molar-refractivity contribution in [1.82, 2.24) is 9.97 Å². The second-order valence-electron chi connectivity index (χ2n) is 11.5. The number of benzene rings is 4. The monoisotopic (exact) mass is 908 g/mol. The molecule has 0 aliphatic carbocycles. The van der Waals surface area contributed by atoms with Gasteiger partial charge in [0.1, 0.15) is 24.0 Å². The molecular weight excluding hydrogens is 872 g/mol. The van der Waals surface area contributed by atoms with Crippen LogP contribution in [0.2, 0.25) is 0 Å². The number of hydrogen-bond acceptors (Lipinski definition) is 11. The van der Waals surface area contributed by atoms with Crippen molar-refractivity contribution < 1.29 is 28.5 Å². The van der Waals surface area contributed by atoms with E-state index in [2.05, 4.69) is 52.7 Å². The van der Waals surface area contributed by atoms with Crippen molar-refractivity contribution in [3.05, 3.63) is 150 Å². The Morgan fingerprint density at radius 3 is 2.07 bits per heavy atom. The summed E-state index contributed by atoms with van der Waals surface area (Å²) in [4.78, 5) is 31.1. The van der Waals surface area contributed by atoms with Crippen LogP contribution >= 0.6 is 31.9 Å². The van der Waals surface area contributed by atoms with Crippen molar-refractivity contribution in [3.63, 3.8) is 0 Å². The number of fused-ring (bicyclic) bond motifs is 4. The maximum absolute atomic E-state index is 10.8. The van der Waals surface area contributed by atoms with Gasteiger partial charge in [0.25, 0.3) is 6.54 Å². The lowest BCUT2D eigenvalue weighted by Gasteiger charge is -2.27. The van der Waals surface area contributed by atoms with Gasteiger partial charge in [-0.3, -0.25) is 9.59 Å². The molecule has 13 nitrogen and oxygen atoms in total. The zero-order valence-electron chi connectivity index (χ0n) is 31.0. The third-order valence-corrected chi connectivity index (χ3v) is 9.33. The number of carbonyl (C=O) groups is 1. The van der Waals surface area contributed by atoms with Gasteiger partial charge in [-0.05, 0) is 77.8 Å². The largest absolute Gasteiger partial charge is 0.493 e. The number of hydrogen-bond donors (Lipinski definition) is 2. The summed E-state index contributed by atoms with van der Waals surface area (Å²) in [5, 5.41) is 21.4. The number of ether oxygens (including phenoxy) is 5. The number of aromatic nitrogens is 2. The zero-order valence-corrected chi connectivity index (χ0v) is 34.2. The van der Waals surface area contributed by atoms with Crippen LogP contribution in [0.3, 0.4) is 0 Å². The number of nitrogens with one attached hydrogen (secondary N) is 1. The predicted molar refractivity (Wildman–Crippen MR) is 229 cm³/mol. The van der Waals surface area contributed by atoms with E-state index in [0.717, 1.165) is 39.0 Å². The minimum absolute atomic E-state index is 0. The smallest absolute Gasteiger partial charge is 0.298 e. The molecule has 4 aromatic carbocycles. The third-order valence-electron chi connectivity index (χ3n) is 8.16. The molecule has 1 atom stereocenters. The molecule has 3 heterocycles. The highest BCUT2D eigenvalue weighted by Crippen LogP contribution is 2.47. The van der Waals surface area contributed by atoms with Crippen LogP contribution in [0.5, 0.6) is 28.9 Å². The van der Waals surface area contributed by atoms with Crippen molar-refractivity contribution >= 4 is 59.7 Å². The first-order chi connectivity index (χ1) is 27.6. The number of pyridine rings is 2. The van der Waals surface area contributed by atoms with E-state index in [1.165, 1.54) is 7.11 Å². The van der Waals surface area contributed by atoms with E-state index in [0.29, 0.717) is 49.0 Å². The topological polar surface area (TPSA) is 187 Å². The minimum Gasteiger partial charge on any atom is -0.493 e. The molecule has 0 bridgehead atoms. The quantitative estimate of drug-likeness (QED) is 0.0922. The summed E-state index contributed by atoms with van der Waals surface area (Å²) in [5.74, 6) is 2.24. The number of aldehydes is 1. The van der Waals surface area contributed by atoms with E-state index < -0.39 is 5.92 Å². The van der Waals surface area contributed by atoms with Crippen LogP contribution < -0.4 is 35.0 Å². The number of methoxy groups -OCH3 is 4. The van der Waals surface area contributed by atoms with Gasteiger partial charge in [0.15, 0.2) is 23.0 Å². The summed E-state index contributed by atoms with van der Waals surface area (Å²) in [6.45, 7) is 5.99. The fourth-order valence-corrected chi connectivity index (χ4v) is 6.92. The van der Waals surface area contributed by atoms with E-state index in [1.54, 1.807) is 58.0 Å². The summed E-state index contributed by atoms with van der Waals surface area (Å²) in [5.41, 5.74) is 8.49. The second-order valence-corrected chi connectivity index (χ2v) is 13.2. The average molecular weight is 911 g/mol. The van der Waals surface area contributed by atoms with Crippen LogP contribution in [0, 0.1) is 29.2 Å². The highest BCUT2D eigenvalue weighted by molar-refractivity contribution is 9.11. The molecule has 1 aliphatic rings. The number of rotatable bonds is 6. The molecule has 0 fully saturated rings. The van der Waals surface area contributed by atoms with Crippen molar-refractivity contribution in [1.29, 1.82) is 10.5 Å². The number of nitriles is 2. The highest BCUT2D eigenvalue weighted by Gasteiger charge is 2.34. The van der Waals surface area contributed by atoms with Crippen LogP contribution in [-0.2, 0) is 0 Å². The minimum atomic E-state index is -0.455. The zero-order chi connectivity index (χ0) is 41.5. The summed E-state index contributed by atoms with van der Waals surface area (Å²) in [7, 11) is 6.21. The summed E-state index contributed by atoms with van der Waals surface area (Å²) in [6.07, 6.45) is 4.21. The van der Waals surface area contributed by atoms with E-state index in [9.17, 15) is 14.9 Å². The molecule has 0 saturated carbocycles. The number of nitrogens with zero attached hydrogens (tertiary/aromatic N) is 4. The Labute approximate surface area is 352 Å². The number of nitrogens with two attached hydrogens (primary N) is 1. The molecule has 1 unspecified atom stereocenters. The van der Waals surface area contributed by atoms with Gasteiger partial charge in [-0.1, -0.05) is 56.0 Å². The van der Waals surface area contributed by atoms with E-state index in [-0.39, 0.29) is 25.4 Å². The first-order valence-electron chi connectivity index (χ1n) is 16.6. The molecule has 58 heavy (non-hydrogen) atoms. The van der Waals surface area contributed by atoms with Gasteiger partial charge < -0.3 is 39.2 Å². The first-order valence-corrected chi connectivity index (χ1v) is 18.2. The molecule has 7 rings (SSSR count). The highest BCUT2D eigenvalue weighted by atomic mass is 79.9. The normalized spacial score (nSPS) is 11.9. The van der Waals surface area contributed by atoms with Crippen LogP contribution in [0.1, 0.15) is 34.8 Å².